The zero-order valence-electron chi connectivity index (χ0n) is 18.6. The lowest BCUT2D eigenvalue weighted by Crippen LogP contribution is -2.56. The van der Waals surface area contributed by atoms with Gasteiger partial charge in [-0.2, -0.15) is 5.26 Å². The van der Waals surface area contributed by atoms with Crippen molar-refractivity contribution in [1.82, 2.24) is 20.0 Å². The standard InChI is InChI=1S/C25H27BrFN5O/c1-16(18-4-6-19(27)7-5-18)30-10-12-31(13-11-30)24-20(14-28)25(33)32(15-17-2-3-17)21-8-9-22(26)29-23(21)24/h4-9,16-17,23,29H,2-3,10-13,15H2,1H3. The molecule has 172 valence electrons. The van der Waals surface area contributed by atoms with Crippen molar-refractivity contribution in [2.24, 2.45) is 5.92 Å². The van der Waals surface area contributed by atoms with E-state index < -0.39 is 0 Å². The van der Waals surface area contributed by atoms with Gasteiger partial charge in [0, 0.05) is 44.5 Å². The first kappa shape index (κ1) is 22.2. The van der Waals surface area contributed by atoms with Crippen molar-refractivity contribution in [2.45, 2.75) is 31.8 Å². The molecule has 0 radical (unpaired) electrons. The van der Waals surface area contributed by atoms with Crippen molar-refractivity contribution in [3.05, 3.63) is 69.4 Å². The van der Waals surface area contributed by atoms with Gasteiger partial charge >= 0.3 is 0 Å². The fraction of sp³-hybridized carbons (Fsp3) is 0.440. The fourth-order valence-corrected chi connectivity index (χ4v) is 5.33. The number of hydrogen-bond donors (Lipinski definition) is 1. The molecule has 2 fully saturated rings. The van der Waals surface area contributed by atoms with Crippen LogP contribution in [0.15, 0.2) is 58.0 Å². The lowest BCUT2D eigenvalue weighted by atomic mass is 9.94. The van der Waals surface area contributed by atoms with Crippen molar-refractivity contribution in [2.75, 3.05) is 32.7 Å². The summed E-state index contributed by atoms with van der Waals surface area (Å²) in [6, 6.07) is 8.85. The van der Waals surface area contributed by atoms with E-state index in [0.717, 1.165) is 60.6 Å². The quantitative estimate of drug-likeness (QED) is 0.611. The molecule has 6 nitrogen and oxygen atoms in total. The van der Waals surface area contributed by atoms with Gasteiger partial charge in [0.1, 0.15) is 23.5 Å². The van der Waals surface area contributed by atoms with E-state index in [2.05, 4.69) is 44.0 Å². The highest BCUT2D eigenvalue weighted by Crippen LogP contribution is 2.38. The number of nitrogens with one attached hydrogen (secondary N) is 1. The first-order chi connectivity index (χ1) is 16.0. The molecular weight excluding hydrogens is 485 g/mol. The SMILES string of the molecule is CC(c1ccc(F)cc1)N1CCN(C2=C(C#N)C(=O)N(CC3CC3)C3=CC=C(Br)NC32)CC1. The topological polar surface area (TPSA) is 62.6 Å². The number of piperazine rings is 1. The molecule has 8 heteroatoms. The Morgan fingerprint density at radius 2 is 1.88 bits per heavy atom. The summed E-state index contributed by atoms with van der Waals surface area (Å²) in [6.45, 7) is 5.83. The van der Waals surface area contributed by atoms with Crippen molar-refractivity contribution < 1.29 is 9.18 Å². The van der Waals surface area contributed by atoms with Gasteiger partial charge in [-0.25, -0.2) is 4.39 Å². The molecule has 0 aromatic heterocycles. The Bertz CT molecular complexity index is 1080. The number of allylic oxidation sites excluding steroid dienone is 2. The van der Waals surface area contributed by atoms with Gasteiger partial charge in [-0.1, -0.05) is 12.1 Å². The van der Waals surface area contributed by atoms with Crippen molar-refractivity contribution >= 4 is 21.8 Å². The number of benzene rings is 1. The first-order valence-corrected chi connectivity index (χ1v) is 12.3. The van der Waals surface area contributed by atoms with Crippen LogP contribution >= 0.6 is 15.9 Å². The molecule has 0 spiro atoms. The van der Waals surface area contributed by atoms with E-state index in [4.69, 9.17) is 0 Å². The van der Waals surface area contributed by atoms with E-state index in [1.54, 1.807) is 4.90 Å². The molecule has 33 heavy (non-hydrogen) atoms. The molecule has 3 aliphatic heterocycles. The number of nitrogens with zero attached hydrogens (tertiary/aromatic N) is 4. The minimum atomic E-state index is -0.228. The Kier molecular flexibility index (Phi) is 6.02. The third-order valence-corrected chi connectivity index (χ3v) is 7.58. The Balaban J connectivity index is 1.38. The summed E-state index contributed by atoms with van der Waals surface area (Å²) < 4.78 is 14.2. The third-order valence-electron chi connectivity index (χ3n) is 7.08. The van der Waals surface area contributed by atoms with E-state index in [1.807, 2.05) is 24.3 Å². The second-order valence-corrected chi connectivity index (χ2v) is 10.0. The highest BCUT2D eigenvalue weighted by molar-refractivity contribution is 9.11. The molecule has 2 unspecified atom stereocenters. The summed E-state index contributed by atoms with van der Waals surface area (Å²) in [5, 5.41) is 13.5. The van der Waals surface area contributed by atoms with E-state index in [0.29, 0.717) is 12.5 Å². The zero-order chi connectivity index (χ0) is 23.1. The molecule has 0 bridgehead atoms. The Morgan fingerprint density at radius 1 is 1.18 bits per heavy atom. The molecule has 1 aromatic carbocycles. The molecule has 1 saturated heterocycles. The molecule has 3 heterocycles. The van der Waals surface area contributed by atoms with E-state index in [-0.39, 0.29) is 29.4 Å². The summed E-state index contributed by atoms with van der Waals surface area (Å²) in [4.78, 5) is 19.7. The van der Waals surface area contributed by atoms with Crippen molar-refractivity contribution in [3.8, 4) is 6.07 Å². The number of hydrogen-bond acceptors (Lipinski definition) is 5. The average Bonchev–Trinajstić information content (AvgIpc) is 3.65. The van der Waals surface area contributed by atoms with E-state index >= 15 is 0 Å². The van der Waals surface area contributed by atoms with Crippen LogP contribution in [0.1, 0.15) is 31.4 Å². The second kappa shape index (κ2) is 8.96. The largest absolute Gasteiger partial charge is 0.369 e. The van der Waals surface area contributed by atoms with Crippen LogP contribution in [0, 0.1) is 23.1 Å². The van der Waals surface area contributed by atoms with E-state index in [9.17, 15) is 14.4 Å². The number of halogens is 2. The maximum absolute atomic E-state index is 13.4. The van der Waals surface area contributed by atoms with Crippen LogP contribution in [0.2, 0.25) is 0 Å². The predicted molar refractivity (Wildman–Crippen MR) is 127 cm³/mol. The van der Waals surface area contributed by atoms with Gasteiger partial charge in [-0.3, -0.25) is 9.69 Å². The fourth-order valence-electron chi connectivity index (χ4n) is 4.97. The molecule has 2 atom stereocenters. The number of carbonyl (C=O) groups is 1. The number of nitriles is 1. The molecular formula is C25H27BrFN5O. The first-order valence-electron chi connectivity index (χ1n) is 11.5. The zero-order valence-corrected chi connectivity index (χ0v) is 20.2. The number of dihydropyridines is 1. The van der Waals surface area contributed by atoms with Crippen molar-refractivity contribution in [3.63, 3.8) is 0 Å². The van der Waals surface area contributed by atoms with Crippen LogP contribution in [-0.2, 0) is 4.79 Å². The molecule has 5 rings (SSSR count). The van der Waals surface area contributed by atoms with Crippen LogP contribution in [-0.4, -0.2) is 59.4 Å². The number of fused-ring (bicyclic) bond motifs is 1. The molecule has 1 amide bonds. The molecule has 1 aromatic rings. The molecule has 1 saturated carbocycles. The number of rotatable bonds is 5. The summed E-state index contributed by atoms with van der Waals surface area (Å²) in [5.74, 6) is 0.119. The van der Waals surface area contributed by atoms with Crippen LogP contribution in [0.25, 0.3) is 0 Å². The van der Waals surface area contributed by atoms with Gasteiger partial charge in [0.15, 0.2) is 0 Å². The van der Waals surface area contributed by atoms with Gasteiger partial charge < -0.3 is 15.1 Å². The van der Waals surface area contributed by atoms with Crippen LogP contribution < -0.4 is 5.32 Å². The van der Waals surface area contributed by atoms with Crippen LogP contribution in [0.5, 0.6) is 0 Å². The summed E-state index contributed by atoms with van der Waals surface area (Å²) in [5.41, 5.74) is 3.03. The lowest BCUT2D eigenvalue weighted by Gasteiger charge is -2.46. The third kappa shape index (κ3) is 4.32. The smallest absolute Gasteiger partial charge is 0.270 e. The number of carbonyl (C=O) groups excluding carboxylic acids is 1. The Hall–Kier alpha value is -2.63. The highest BCUT2D eigenvalue weighted by atomic mass is 79.9. The van der Waals surface area contributed by atoms with Crippen LogP contribution in [0.4, 0.5) is 4.39 Å². The van der Waals surface area contributed by atoms with Gasteiger partial charge in [0.2, 0.25) is 0 Å². The van der Waals surface area contributed by atoms with Gasteiger partial charge in [-0.05, 0) is 71.5 Å². The van der Waals surface area contributed by atoms with Gasteiger partial charge in [0.05, 0.1) is 10.3 Å². The van der Waals surface area contributed by atoms with Gasteiger partial charge in [0.25, 0.3) is 5.91 Å². The monoisotopic (exact) mass is 511 g/mol. The normalized spacial score (nSPS) is 24.5. The predicted octanol–water partition coefficient (Wildman–Crippen LogP) is 3.63. The molecule has 1 N–H and O–H groups in total. The van der Waals surface area contributed by atoms with Crippen LogP contribution in [0.3, 0.4) is 0 Å². The maximum atomic E-state index is 13.4. The van der Waals surface area contributed by atoms with Gasteiger partial charge in [-0.15, -0.1) is 0 Å². The summed E-state index contributed by atoms with van der Waals surface area (Å²) >= 11 is 3.54. The summed E-state index contributed by atoms with van der Waals surface area (Å²) in [7, 11) is 0. The average molecular weight is 512 g/mol. The summed E-state index contributed by atoms with van der Waals surface area (Å²) in [6.07, 6.45) is 6.20. The minimum Gasteiger partial charge on any atom is -0.369 e. The molecule has 4 aliphatic rings. The Labute approximate surface area is 202 Å². The highest BCUT2D eigenvalue weighted by Gasteiger charge is 2.43. The minimum absolute atomic E-state index is 0.166. The maximum Gasteiger partial charge on any atom is 0.270 e. The second-order valence-electron chi connectivity index (χ2n) is 9.17. The lowest BCUT2D eigenvalue weighted by molar-refractivity contribution is -0.126. The van der Waals surface area contributed by atoms with E-state index in [1.165, 1.54) is 12.1 Å². The Morgan fingerprint density at radius 3 is 2.52 bits per heavy atom. The van der Waals surface area contributed by atoms with Crippen molar-refractivity contribution in [1.29, 1.82) is 5.26 Å². The number of amides is 1. The molecule has 1 aliphatic carbocycles.